The van der Waals surface area contributed by atoms with Crippen LogP contribution in [0.1, 0.15) is 50.2 Å². The number of hydrogen-bond acceptors (Lipinski definition) is 1. The normalized spacial score (nSPS) is 11.2. The summed E-state index contributed by atoms with van der Waals surface area (Å²) in [5.74, 6) is 0. The van der Waals surface area contributed by atoms with E-state index in [1.807, 2.05) is 0 Å². The highest BCUT2D eigenvalue weighted by molar-refractivity contribution is 5.66. The topological polar surface area (TPSA) is 12.4 Å². The Morgan fingerprint density at radius 2 is 1.75 bits per heavy atom. The maximum atomic E-state index is 4.58. The van der Waals surface area contributed by atoms with Gasteiger partial charge in [0.25, 0.3) is 0 Å². The van der Waals surface area contributed by atoms with Gasteiger partial charge in [-0.05, 0) is 37.8 Å². The molecule has 16 heavy (non-hydrogen) atoms. The summed E-state index contributed by atoms with van der Waals surface area (Å²) in [6, 6.07) is 6.33. The lowest BCUT2D eigenvalue weighted by Crippen LogP contribution is -1.82. The van der Waals surface area contributed by atoms with E-state index in [1.165, 1.54) is 36.8 Å². The average Bonchev–Trinajstić information content (AvgIpc) is 2.26. The van der Waals surface area contributed by atoms with Crippen molar-refractivity contribution in [1.82, 2.24) is 0 Å². The van der Waals surface area contributed by atoms with Crippen LogP contribution in [0.5, 0.6) is 0 Å². The number of aliphatic imine (C=N–C) groups is 1. The summed E-state index contributed by atoms with van der Waals surface area (Å²) < 4.78 is 0. The van der Waals surface area contributed by atoms with Crippen molar-refractivity contribution < 1.29 is 0 Å². The first kappa shape index (κ1) is 13.0. The van der Waals surface area contributed by atoms with Crippen LogP contribution in [0.15, 0.2) is 23.2 Å². The highest BCUT2D eigenvalue weighted by Gasteiger charge is 1.97. The van der Waals surface area contributed by atoms with Crippen LogP contribution < -0.4 is 0 Å². The molecule has 1 aromatic carbocycles. The van der Waals surface area contributed by atoms with E-state index in [0.29, 0.717) is 0 Å². The first-order valence-corrected chi connectivity index (χ1v) is 6.34. The standard InChI is InChI=1S/C15H23N/c1-4-5-6-7-8-12-16-15-13(2)10-9-11-14(15)3/h9-12H,4-8H2,1-3H3. The summed E-state index contributed by atoms with van der Waals surface area (Å²) in [7, 11) is 0. The Morgan fingerprint density at radius 3 is 2.38 bits per heavy atom. The molecule has 0 amide bonds. The van der Waals surface area contributed by atoms with Gasteiger partial charge in [-0.1, -0.05) is 44.4 Å². The molecule has 0 radical (unpaired) electrons. The van der Waals surface area contributed by atoms with Crippen LogP contribution in [0.2, 0.25) is 0 Å². The predicted molar refractivity (Wildman–Crippen MR) is 72.8 cm³/mol. The Morgan fingerprint density at radius 1 is 1.06 bits per heavy atom. The van der Waals surface area contributed by atoms with Gasteiger partial charge in [-0.25, -0.2) is 0 Å². The van der Waals surface area contributed by atoms with Gasteiger partial charge >= 0.3 is 0 Å². The van der Waals surface area contributed by atoms with Crippen molar-refractivity contribution in [2.24, 2.45) is 4.99 Å². The van der Waals surface area contributed by atoms with Crippen LogP contribution >= 0.6 is 0 Å². The molecule has 0 bridgehead atoms. The molecule has 0 aliphatic carbocycles. The van der Waals surface area contributed by atoms with Crippen LogP contribution in [-0.2, 0) is 0 Å². The van der Waals surface area contributed by atoms with Gasteiger partial charge in [0.15, 0.2) is 0 Å². The Balaban J connectivity index is 2.44. The van der Waals surface area contributed by atoms with Crippen LogP contribution in [0, 0.1) is 13.8 Å². The monoisotopic (exact) mass is 217 g/mol. The summed E-state index contributed by atoms with van der Waals surface area (Å²) in [5, 5.41) is 0. The number of rotatable bonds is 6. The van der Waals surface area contributed by atoms with Crippen LogP contribution in [0.3, 0.4) is 0 Å². The summed E-state index contributed by atoms with van der Waals surface area (Å²) in [5.41, 5.74) is 3.69. The van der Waals surface area contributed by atoms with Gasteiger partial charge < -0.3 is 0 Å². The number of unbranched alkanes of at least 4 members (excludes halogenated alkanes) is 4. The van der Waals surface area contributed by atoms with Gasteiger partial charge in [0.1, 0.15) is 0 Å². The van der Waals surface area contributed by atoms with E-state index < -0.39 is 0 Å². The second-order valence-corrected chi connectivity index (χ2v) is 4.40. The summed E-state index contributed by atoms with van der Waals surface area (Å²) in [6.45, 7) is 6.48. The highest BCUT2D eigenvalue weighted by atomic mass is 14.7. The fourth-order valence-electron chi connectivity index (χ4n) is 1.83. The highest BCUT2D eigenvalue weighted by Crippen LogP contribution is 2.22. The lowest BCUT2D eigenvalue weighted by Gasteiger charge is -2.03. The van der Waals surface area contributed by atoms with E-state index in [0.717, 1.165) is 12.1 Å². The zero-order chi connectivity index (χ0) is 11.8. The summed E-state index contributed by atoms with van der Waals surface area (Å²) >= 11 is 0. The quantitative estimate of drug-likeness (QED) is 0.471. The van der Waals surface area contributed by atoms with Gasteiger partial charge in [0.05, 0.1) is 5.69 Å². The van der Waals surface area contributed by atoms with Gasteiger partial charge in [0.2, 0.25) is 0 Å². The maximum absolute atomic E-state index is 4.58. The van der Waals surface area contributed by atoms with Crippen molar-refractivity contribution in [2.45, 2.75) is 52.9 Å². The van der Waals surface area contributed by atoms with E-state index >= 15 is 0 Å². The number of benzene rings is 1. The van der Waals surface area contributed by atoms with E-state index in [4.69, 9.17) is 0 Å². The third-order valence-electron chi connectivity index (χ3n) is 2.85. The maximum Gasteiger partial charge on any atom is 0.0683 e. The molecule has 0 spiro atoms. The second kappa shape index (κ2) is 7.21. The molecule has 0 heterocycles. The molecule has 0 aliphatic rings. The molecule has 0 atom stereocenters. The minimum absolute atomic E-state index is 1.10. The van der Waals surface area contributed by atoms with Crippen LogP contribution in [0.4, 0.5) is 5.69 Å². The number of para-hydroxylation sites is 1. The molecule has 0 unspecified atom stereocenters. The SMILES string of the molecule is CCCCCCC=Nc1c(C)cccc1C. The molecular formula is C15H23N. The van der Waals surface area contributed by atoms with Crippen molar-refractivity contribution in [2.75, 3.05) is 0 Å². The fourth-order valence-corrected chi connectivity index (χ4v) is 1.83. The molecule has 1 aromatic rings. The Labute approximate surface area is 99.6 Å². The number of hydrogen-bond donors (Lipinski definition) is 0. The minimum Gasteiger partial charge on any atom is -0.261 e. The molecule has 0 aromatic heterocycles. The molecule has 88 valence electrons. The Kier molecular flexibility index (Phi) is 5.84. The molecule has 0 N–H and O–H groups in total. The lowest BCUT2D eigenvalue weighted by atomic mass is 10.1. The van der Waals surface area contributed by atoms with E-state index in [1.54, 1.807) is 0 Å². The molecular weight excluding hydrogens is 194 g/mol. The second-order valence-electron chi connectivity index (χ2n) is 4.40. The van der Waals surface area contributed by atoms with Crippen molar-refractivity contribution >= 4 is 11.9 Å². The molecule has 1 nitrogen and oxygen atoms in total. The molecule has 0 fully saturated rings. The summed E-state index contributed by atoms with van der Waals surface area (Å²) in [6.07, 6.45) is 8.42. The lowest BCUT2D eigenvalue weighted by molar-refractivity contribution is 0.685. The van der Waals surface area contributed by atoms with Gasteiger partial charge in [-0.2, -0.15) is 0 Å². The van der Waals surface area contributed by atoms with Gasteiger partial charge in [-0.3, -0.25) is 4.99 Å². The third-order valence-corrected chi connectivity index (χ3v) is 2.85. The van der Waals surface area contributed by atoms with Crippen molar-refractivity contribution in [1.29, 1.82) is 0 Å². The van der Waals surface area contributed by atoms with Crippen molar-refractivity contribution in [3.8, 4) is 0 Å². The average molecular weight is 217 g/mol. The first-order valence-electron chi connectivity index (χ1n) is 6.34. The van der Waals surface area contributed by atoms with Gasteiger partial charge in [-0.15, -0.1) is 0 Å². The Hall–Kier alpha value is -1.11. The van der Waals surface area contributed by atoms with E-state index in [9.17, 15) is 0 Å². The first-order chi connectivity index (χ1) is 7.75. The van der Waals surface area contributed by atoms with Crippen molar-refractivity contribution in [3.63, 3.8) is 0 Å². The van der Waals surface area contributed by atoms with Crippen LogP contribution in [-0.4, -0.2) is 6.21 Å². The fraction of sp³-hybridized carbons (Fsp3) is 0.533. The molecule has 1 rings (SSSR count). The smallest absolute Gasteiger partial charge is 0.0683 e. The molecule has 0 saturated heterocycles. The Bertz CT molecular complexity index is 319. The molecule has 1 heteroatoms. The predicted octanol–water partition coefficient (Wildman–Crippen LogP) is 4.98. The zero-order valence-electron chi connectivity index (χ0n) is 10.8. The van der Waals surface area contributed by atoms with Crippen molar-refractivity contribution in [3.05, 3.63) is 29.3 Å². The summed E-state index contributed by atoms with van der Waals surface area (Å²) in [4.78, 5) is 4.58. The van der Waals surface area contributed by atoms with E-state index in [-0.39, 0.29) is 0 Å². The zero-order valence-corrected chi connectivity index (χ0v) is 10.8. The van der Waals surface area contributed by atoms with E-state index in [2.05, 4.69) is 50.2 Å². The van der Waals surface area contributed by atoms with Crippen LogP contribution in [0.25, 0.3) is 0 Å². The minimum atomic E-state index is 1.10. The van der Waals surface area contributed by atoms with Gasteiger partial charge in [0, 0.05) is 6.21 Å². The molecule has 0 aliphatic heterocycles. The molecule has 0 saturated carbocycles. The third kappa shape index (κ3) is 4.18. The number of nitrogens with zero attached hydrogens (tertiary/aromatic N) is 1. The number of aryl methyl sites for hydroxylation is 2. The largest absolute Gasteiger partial charge is 0.261 e.